The first kappa shape index (κ1) is 13.1. The number of primary amides is 1. The van der Waals surface area contributed by atoms with E-state index in [9.17, 15) is 9.59 Å². The third kappa shape index (κ3) is 2.43. The zero-order valence-corrected chi connectivity index (χ0v) is 10.4. The second kappa shape index (κ2) is 5.11. The zero-order chi connectivity index (χ0) is 13.9. The third-order valence-corrected chi connectivity index (χ3v) is 3.37. The highest BCUT2D eigenvalue weighted by Crippen LogP contribution is 2.38. The standard InChI is InChI=1S/C14H14N2O3/c15-9-10-4-3-5-11(8-10)14(19-13(16)18)7-2-1-6-12(14)17/h3-5,8H,1-2,6-7H2,(H2,16,18). The summed E-state index contributed by atoms with van der Waals surface area (Å²) in [7, 11) is 0. The molecule has 1 aliphatic carbocycles. The molecule has 2 N–H and O–H groups in total. The molecule has 1 aromatic carbocycles. The van der Waals surface area contributed by atoms with E-state index in [4.69, 9.17) is 15.7 Å². The van der Waals surface area contributed by atoms with Gasteiger partial charge < -0.3 is 10.5 Å². The molecule has 1 fully saturated rings. The minimum atomic E-state index is -1.32. The number of benzene rings is 1. The van der Waals surface area contributed by atoms with Crippen LogP contribution in [0.1, 0.15) is 36.8 Å². The summed E-state index contributed by atoms with van der Waals surface area (Å²) in [6.07, 6.45) is 1.34. The van der Waals surface area contributed by atoms with Crippen molar-refractivity contribution in [3.05, 3.63) is 35.4 Å². The number of nitrogens with zero attached hydrogens (tertiary/aromatic N) is 1. The van der Waals surface area contributed by atoms with E-state index < -0.39 is 11.7 Å². The lowest BCUT2D eigenvalue weighted by Crippen LogP contribution is -2.44. The predicted molar refractivity (Wildman–Crippen MR) is 67.0 cm³/mol. The van der Waals surface area contributed by atoms with E-state index >= 15 is 0 Å². The summed E-state index contributed by atoms with van der Waals surface area (Å²) in [5.41, 5.74) is 4.72. The molecule has 19 heavy (non-hydrogen) atoms. The van der Waals surface area contributed by atoms with Gasteiger partial charge in [-0.1, -0.05) is 12.1 Å². The Morgan fingerprint density at radius 3 is 2.84 bits per heavy atom. The first-order valence-corrected chi connectivity index (χ1v) is 6.11. The van der Waals surface area contributed by atoms with Gasteiger partial charge >= 0.3 is 6.09 Å². The number of rotatable bonds is 2. The van der Waals surface area contributed by atoms with Gasteiger partial charge in [-0.05, 0) is 31.4 Å². The molecule has 5 nitrogen and oxygen atoms in total. The molecule has 1 saturated carbocycles. The van der Waals surface area contributed by atoms with E-state index in [0.29, 0.717) is 24.0 Å². The molecule has 1 aromatic rings. The van der Waals surface area contributed by atoms with Gasteiger partial charge in [-0.25, -0.2) is 4.79 Å². The van der Waals surface area contributed by atoms with Gasteiger partial charge in [0.25, 0.3) is 0 Å². The van der Waals surface area contributed by atoms with Crippen molar-refractivity contribution in [2.24, 2.45) is 5.73 Å². The van der Waals surface area contributed by atoms with Crippen LogP contribution in [0, 0.1) is 11.3 Å². The van der Waals surface area contributed by atoms with Crippen LogP contribution >= 0.6 is 0 Å². The van der Waals surface area contributed by atoms with Crippen molar-refractivity contribution in [1.82, 2.24) is 0 Å². The molecule has 5 heteroatoms. The average Bonchev–Trinajstić information content (AvgIpc) is 2.41. The van der Waals surface area contributed by atoms with Crippen LogP contribution in [0.2, 0.25) is 0 Å². The fourth-order valence-electron chi connectivity index (χ4n) is 2.48. The summed E-state index contributed by atoms with van der Waals surface area (Å²) in [6, 6.07) is 8.57. The lowest BCUT2D eigenvalue weighted by atomic mass is 9.78. The topological polar surface area (TPSA) is 93.2 Å². The molecule has 0 aromatic heterocycles. The summed E-state index contributed by atoms with van der Waals surface area (Å²) in [4.78, 5) is 23.4. The van der Waals surface area contributed by atoms with Crippen molar-refractivity contribution in [3.63, 3.8) is 0 Å². The van der Waals surface area contributed by atoms with Crippen LogP contribution in [-0.4, -0.2) is 11.9 Å². The van der Waals surface area contributed by atoms with Crippen molar-refractivity contribution in [3.8, 4) is 6.07 Å². The summed E-state index contributed by atoms with van der Waals surface area (Å²) in [5, 5.41) is 8.92. The van der Waals surface area contributed by atoms with Crippen LogP contribution in [0.3, 0.4) is 0 Å². The highest BCUT2D eigenvalue weighted by atomic mass is 16.6. The first-order chi connectivity index (χ1) is 9.08. The number of Topliss-reactive ketones (excluding diaryl/α,β-unsaturated/α-hetero) is 1. The maximum atomic E-state index is 12.2. The van der Waals surface area contributed by atoms with E-state index in [2.05, 4.69) is 0 Å². The molecule has 0 aliphatic heterocycles. The van der Waals surface area contributed by atoms with Crippen LogP contribution in [0.5, 0.6) is 0 Å². The van der Waals surface area contributed by atoms with Crippen molar-refractivity contribution in [1.29, 1.82) is 5.26 Å². The minimum absolute atomic E-state index is 0.160. The Labute approximate surface area is 111 Å². The number of hydrogen-bond acceptors (Lipinski definition) is 4. The minimum Gasteiger partial charge on any atom is -0.430 e. The number of nitriles is 1. The Balaban J connectivity index is 2.50. The SMILES string of the molecule is N#Cc1cccc(C2(OC(N)=O)CCCCC2=O)c1. The smallest absolute Gasteiger partial charge is 0.405 e. The first-order valence-electron chi connectivity index (χ1n) is 6.11. The summed E-state index contributed by atoms with van der Waals surface area (Å²) in [5.74, 6) is -0.160. The molecule has 1 amide bonds. The second-order valence-corrected chi connectivity index (χ2v) is 4.57. The predicted octanol–water partition coefficient (Wildman–Crippen LogP) is 1.99. The number of ketones is 1. The molecular weight excluding hydrogens is 244 g/mol. The van der Waals surface area contributed by atoms with E-state index in [-0.39, 0.29) is 5.78 Å². The quantitative estimate of drug-likeness (QED) is 0.877. The van der Waals surface area contributed by atoms with E-state index in [1.165, 1.54) is 0 Å². The molecule has 1 aliphatic rings. The van der Waals surface area contributed by atoms with E-state index in [1.54, 1.807) is 24.3 Å². The lowest BCUT2D eigenvalue weighted by molar-refractivity contribution is -0.142. The van der Waals surface area contributed by atoms with Crippen molar-refractivity contribution in [2.75, 3.05) is 0 Å². The number of ether oxygens (including phenoxy) is 1. The molecular formula is C14H14N2O3. The highest BCUT2D eigenvalue weighted by Gasteiger charge is 2.45. The largest absolute Gasteiger partial charge is 0.430 e. The van der Waals surface area contributed by atoms with Gasteiger partial charge in [-0.3, -0.25) is 4.79 Å². The molecule has 0 radical (unpaired) electrons. The molecule has 2 rings (SSSR count). The van der Waals surface area contributed by atoms with E-state index in [0.717, 1.165) is 12.8 Å². The Bertz CT molecular complexity index is 562. The lowest BCUT2D eigenvalue weighted by Gasteiger charge is -2.35. The second-order valence-electron chi connectivity index (χ2n) is 4.57. The normalized spacial score (nSPS) is 22.6. The average molecular weight is 258 g/mol. The van der Waals surface area contributed by atoms with Crippen LogP contribution in [0.25, 0.3) is 0 Å². The highest BCUT2D eigenvalue weighted by molar-refractivity contribution is 5.91. The third-order valence-electron chi connectivity index (χ3n) is 3.37. The summed E-state index contributed by atoms with van der Waals surface area (Å²) < 4.78 is 5.16. The van der Waals surface area contributed by atoms with Gasteiger partial charge in [0.1, 0.15) is 0 Å². The Hall–Kier alpha value is -2.35. The van der Waals surface area contributed by atoms with E-state index in [1.807, 2.05) is 6.07 Å². The van der Waals surface area contributed by atoms with Crippen LogP contribution in [0.15, 0.2) is 24.3 Å². The fraction of sp³-hybridized carbons (Fsp3) is 0.357. The number of amides is 1. The van der Waals surface area contributed by atoms with Gasteiger partial charge in [0.15, 0.2) is 11.4 Å². The fourth-order valence-corrected chi connectivity index (χ4v) is 2.48. The van der Waals surface area contributed by atoms with Crippen LogP contribution < -0.4 is 5.73 Å². The molecule has 0 saturated heterocycles. The van der Waals surface area contributed by atoms with Gasteiger partial charge in [-0.2, -0.15) is 5.26 Å². The monoisotopic (exact) mass is 258 g/mol. The molecule has 1 atom stereocenters. The maximum absolute atomic E-state index is 12.2. The zero-order valence-electron chi connectivity index (χ0n) is 10.4. The van der Waals surface area contributed by atoms with Gasteiger partial charge in [0, 0.05) is 12.0 Å². The van der Waals surface area contributed by atoms with Gasteiger partial charge in [0.2, 0.25) is 0 Å². The molecule has 0 bridgehead atoms. The van der Waals surface area contributed by atoms with Crippen molar-refractivity contribution < 1.29 is 14.3 Å². The number of carbonyl (C=O) groups is 2. The number of carbonyl (C=O) groups excluding carboxylic acids is 2. The van der Waals surface area contributed by atoms with Crippen molar-refractivity contribution in [2.45, 2.75) is 31.3 Å². The Morgan fingerprint density at radius 1 is 1.42 bits per heavy atom. The summed E-state index contributed by atoms with van der Waals surface area (Å²) >= 11 is 0. The molecule has 0 heterocycles. The summed E-state index contributed by atoms with van der Waals surface area (Å²) in [6.45, 7) is 0. The van der Waals surface area contributed by atoms with Crippen LogP contribution in [-0.2, 0) is 15.1 Å². The number of nitrogens with two attached hydrogens (primary N) is 1. The van der Waals surface area contributed by atoms with Crippen LogP contribution in [0.4, 0.5) is 4.79 Å². The number of hydrogen-bond donors (Lipinski definition) is 1. The molecule has 98 valence electrons. The molecule has 1 unspecified atom stereocenters. The Morgan fingerprint density at radius 2 is 2.21 bits per heavy atom. The van der Waals surface area contributed by atoms with Crippen molar-refractivity contribution >= 4 is 11.9 Å². The van der Waals surface area contributed by atoms with Gasteiger partial charge in [-0.15, -0.1) is 0 Å². The maximum Gasteiger partial charge on any atom is 0.405 e. The Kier molecular flexibility index (Phi) is 3.52. The molecule has 0 spiro atoms. The van der Waals surface area contributed by atoms with Gasteiger partial charge in [0.05, 0.1) is 11.6 Å².